The highest BCUT2D eigenvalue weighted by atomic mass is 16.5. The van der Waals surface area contributed by atoms with Crippen molar-refractivity contribution in [1.82, 2.24) is 0 Å². The quantitative estimate of drug-likeness (QED) is 0.874. The van der Waals surface area contributed by atoms with E-state index < -0.39 is 0 Å². The van der Waals surface area contributed by atoms with E-state index in [4.69, 9.17) is 15.2 Å². The van der Waals surface area contributed by atoms with Crippen molar-refractivity contribution in [2.24, 2.45) is 11.1 Å². The van der Waals surface area contributed by atoms with Crippen molar-refractivity contribution in [1.29, 1.82) is 0 Å². The summed E-state index contributed by atoms with van der Waals surface area (Å²) in [4.78, 5) is 0. The van der Waals surface area contributed by atoms with Crippen LogP contribution in [0.2, 0.25) is 0 Å². The molecule has 3 nitrogen and oxygen atoms in total. The van der Waals surface area contributed by atoms with E-state index in [0.29, 0.717) is 0 Å². The molecule has 3 heteroatoms. The first-order chi connectivity index (χ1) is 8.39. The van der Waals surface area contributed by atoms with Crippen LogP contribution in [0.15, 0.2) is 18.2 Å². The number of methoxy groups -OCH3 is 1. The molecule has 2 rings (SSSR count). The van der Waals surface area contributed by atoms with Gasteiger partial charge >= 0.3 is 0 Å². The maximum absolute atomic E-state index is 6.24. The molecule has 2 atom stereocenters. The van der Waals surface area contributed by atoms with Crippen molar-refractivity contribution in [2.45, 2.75) is 45.8 Å². The maximum atomic E-state index is 6.24. The molecule has 100 valence electrons. The Labute approximate surface area is 109 Å². The lowest BCUT2D eigenvalue weighted by atomic mass is 9.85. The van der Waals surface area contributed by atoms with Gasteiger partial charge in [0.2, 0.25) is 0 Å². The molecule has 0 saturated carbocycles. The Morgan fingerprint density at radius 2 is 2.11 bits per heavy atom. The number of hydrogen-bond acceptors (Lipinski definition) is 3. The van der Waals surface area contributed by atoms with E-state index in [1.165, 1.54) is 0 Å². The van der Waals surface area contributed by atoms with Crippen LogP contribution in [-0.4, -0.2) is 13.2 Å². The van der Waals surface area contributed by atoms with Crippen LogP contribution in [0, 0.1) is 5.41 Å². The van der Waals surface area contributed by atoms with Gasteiger partial charge in [0.1, 0.15) is 17.6 Å². The highest BCUT2D eigenvalue weighted by Gasteiger charge is 2.29. The minimum atomic E-state index is 0.0381. The largest absolute Gasteiger partial charge is 0.497 e. The second-order valence-corrected chi connectivity index (χ2v) is 6.25. The number of rotatable bonds is 2. The third kappa shape index (κ3) is 2.96. The number of benzene rings is 1. The number of hydrogen-bond donors (Lipinski definition) is 1. The molecule has 0 bridgehead atoms. The monoisotopic (exact) mass is 249 g/mol. The SMILES string of the molecule is COc1ccc2c(c1)C(N)CC(CC(C)(C)C)O2. The standard InChI is InChI=1S/C15H23NO2/c1-15(2,3)9-11-8-13(16)12-7-10(17-4)5-6-14(12)18-11/h5-7,11,13H,8-9,16H2,1-4H3. The first-order valence-electron chi connectivity index (χ1n) is 6.49. The summed E-state index contributed by atoms with van der Waals surface area (Å²) in [5.41, 5.74) is 7.56. The van der Waals surface area contributed by atoms with Crippen LogP contribution in [0.4, 0.5) is 0 Å². The van der Waals surface area contributed by atoms with Crippen molar-refractivity contribution in [3.05, 3.63) is 23.8 Å². The Morgan fingerprint density at radius 1 is 1.39 bits per heavy atom. The van der Waals surface area contributed by atoms with E-state index in [-0.39, 0.29) is 17.6 Å². The van der Waals surface area contributed by atoms with Gasteiger partial charge in [0.25, 0.3) is 0 Å². The number of nitrogens with two attached hydrogens (primary N) is 1. The van der Waals surface area contributed by atoms with Gasteiger partial charge in [0.15, 0.2) is 0 Å². The van der Waals surface area contributed by atoms with Gasteiger partial charge in [-0.15, -0.1) is 0 Å². The zero-order chi connectivity index (χ0) is 13.3. The summed E-state index contributed by atoms with van der Waals surface area (Å²) in [7, 11) is 1.67. The molecule has 0 spiro atoms. The van der Waals surface area contributed by atoms with Gasteiger partial charge in [-0.2, -0.15) is 0 Å². The minimum absolute atomic E-state index is 0.0381. The van der Waals surface area contributed by atoms with Gasteiger partial charge in [-0.05, 0) is 30.0 Å². The van der Waals surface area contributed by atoms with Crippen molar-refractivity contribution in [2.75, 3.05) is 7.11 Å². The summed E-state index contributed by atoms with van der Waals surface area (Å²) in [5, 5.41) is 0. The van der Waals surface area contributed by atoms with Crippen LogP contribution in [0.5, 0.6) is 11.5 Å². The predicted octanol–water partition coefficient (Wildman–Crippen LogP) is 3.28. The van der Waals surface area contributed by atoms with Crippen molar-refractivity contribution in [3.63, 3.8) is 0 Å². The summed E-state index contributed by atoms with van der Waals surface area (Å²) in [6.45, 7) is 6.68. The Bertz CT molecular complexity index is 423. The van der Waals surface area contributed by atoms with Gasteiger partial charge in [-0.3, -0.25) is 0 Å². The van der Waals surface area contributed by atoms with E-state index in [0.717, 1.165) is 29.9 Å². The summed E-state index contributed by atoms with van der Waals surface area (Å²) >= 11 is 0. The molecule has 0 fully saturated rings. The lowest BCUT2D eigenvalue weighted by Gasteiger charge is -2.34. The summed E-state index contributed by atoms with van der Waals surface area (Å²) < 4.78 is 11.3. The highest BCUT2D eigenvalue weighted by Crippen LogP contribution is 2.38. The Hall–Kier alpha value is -1.22. The second-order valence-electron chi connectivity index (χ2n) is 6.25. The fourth-order valence-corrected chi connectivity index (χ4v) is 2.50. The molecule has 1 aliphatic heterocycles. The first-order valence-corrected chi connectivity index (χ1v) is 6.49. The molecule has 0 amide bonds. The average molecular weight is 249 g/mol. The summed E-state index contributed by atoms with van der Waals surface area (Å²) in [6.07, 6.45) is 2.10. The first kappa shape index (κ1) is 13.2. The molecule has 1 aliphatic rings. The summed E-state index contributed by atoms with van der Waals surface area (Å²) in [5.74, 6) is 1.74. The molecule has 1 heterocycles. The molecular weight excluding hydrogens is 226 g/mol. The van der Waals surface area contributed by atoms with E-state index in [1.54, 1.807) is 7.11 Å². The average Bonchev–Trinajstić information content (AvgIpc) is 2.26. The smallest absolute Gasteiger partial charge is 0.124 e. The van der Waals surface area contributed by atoms with Crippen molar-refractivity contribution < 1.29 is 9.47 Å². The molecule has 2 unspecified atom stereocenters. The van der Waals surface area contributed by atoms with Crippen LogP contribution in [0.1, 0.15) is 45.2 Å². The Balaban J connectivity index is 2.19. The molecule has 0 aliphatic carbocycles. The van der Waals surface area contributed by atoms with Gasteiger partial charge in [0, 0.05) is 18.0 Å². The normalized spacial score (nSPS) is 23.2. The van der Waals surface area contributed by atoms with Gasteiger partial charge in [-0.25, -0.2) is 0 Å². The molecule has 1 aromatic rings. The number of ether oxygens (including phenoxy) is 2. The maximum Gasteiger partial charge on any atom is 0.124 e. The Kier molecular flexibility index (Phi) is 3.53. The van der Waals surface area contributed by atoms with Crippen molar-refractivity contribution in [3.8, 4) is 11.5 Å². The molecule has 18 heavy (non-hydrogen) atoms. The molecule has 0 saturated heterocycles. The predicted molar refractivity (Wildman–Crippen MR) is 73.0 cm³/mol. The third-order valence-corrected chi connectivity index (χ3v) is 3.27. The minimum Gasteiger partial charge on any atom is -0.497 e. The van der Waals surface area contributed by atoms with E-state index in [2.05, 4.69) is 20.8 Å². The Morgan fingerprint density at radius 3 is 2.72 bits per heavy atom. The van der Waals surface area contributed by atoms with Crippen LogP contribution >= 0.6 is 0 Å². The van der Waals surface area contributed by atoms with Crippen LogP contribution in [0.25, 0.3) is 0 Å². The van der Waals surface area contributed by atoms with Gasteiger partial charge in [0.05, 0.1) is 7.11 Å². The zero-order valence-corrected chi connectivity index (χ0v) is 11.7. The van der Waals surface area contributed by atoms with Gasteiger partial charge < -0.3 is 15.2 Å². The molecular formula is C15H23NO2. The zero-order valence-electron chi connectivity index (χ0n) is 11.7. The van der Waals surface area contributed by atoms with Crippen molar-refractivity contribution >= 4 is 0 Å². The van der Waals surface area contributed by atoms with E-state index in [9.17, 15) is 0 Å². The molecule has 0 radical (unpaired) electrons. The second kappa shape index (κ2) is 4.81. The van der Waals surface area contributed by atoms with E-state index >= 15 is 0 Å². The van der Waals surface area contributed by atoms with Crippen LogP contribution in [-0.2, 0) is 0 Å². The fraction of sp³-hybridized carbons (Fsp3) is 0.600. The van der Waals surface area contributed by atoms with Gasteiger partial charge in [-0.1, -0.05) is 20.8 Å². The molecule has 2 N–H and O–H groups in total. The topological polar surface area (TPSA) is 44.5 Å². The molecule has 0 aromatic heterocycles. The lowest BCUT2D eigenvalue weighted by molar-refractivity contribution is 0.112. The van der Waals surface area contributed by atoms with Crippen LogP contribution in [0.3, 0.4) is 0 Å². The number of fused-ring (bicyclic) bond motifs is 1. The highest BCUT2D eigenvalue weighted by molar-refractivity contribution is 5.43. The fourth-order valence-electron chi connectivity index (χ4n) is 2.50. The molecule has 1 aromatic carbocycles. The third-order valence-electron chi connectivity index (χ3n) is 3.27. The summed E-state index contributed by atoms with van der Waals surface area (Å²) in [6, 6.07) is 5.90. The van der Waals surface area contributed by atoms with E-state index in [1.807, 2.05) is 18.2 Å². The van der Waals surface area contributed by atoms with Crippen LogP contribution < -0.4 is 15.2 Å². The lowest BCUT2D eigenvalue weighted by Crippen LogP contribution is -2.32.